The number of hydrogen-bond donors (Lipinski definition) is 2. The molecule has 0 atom stereocenters. The molecule has 1 fully saturated rings. The molecule has 124 valence electrons. The Kier molecular flexibility index (Phi) is 5.70. The Labute approximate surface area is 138 Å². The van der Waals surface area contributed by atoms with Crippen LogP contribution in [0.25, 0.3) is 10.9 Å². The van der Waals surface area contributed by atoms with Crippen LogP contribution >= 0.6 is 0 Å². The van der Waals surface area contributed by atoms with Gasteiger partial charge in [0.15, 0.2) is 0 Å². The lowest BCUT2D eigenvalue weighted by molar-refractivity contribution is -0.120. The van der Waals surface area contributed by atoms with Crippen LogP contribution in [0, 0.1) is 0 Å². The molecule has 1 saturated heterocycles. The number of fused-ring (bicyclic) bond motifs is 1. The molecule has 1 aliphatic heterocycles. The lowest BCUT2D eigenvalue weighted by Gasteiger charge is -2.19. The second-order valence-electron chi connectivity index (χ2n) is 6.50. The van der Waals surface area contributed by atoms with E-state index >= 15 is 0 Å². The second-order valence-corrected chi connectivity index (χ2v) is 6.50. The number of hydrogen-bond acceptors (Lipinski definition) is 2. The van der Waals surface area contributed by atoms with E-state index in [1.165, 1.54) is 38.8 Å². The van der Waals surface area contributed by atoms with Crippen LogP contribution in [0.15, 0.2) is 30.5 Å². The lowest BCUT2D eigenvalue weighted by atomic mass is 10.1. The summed E-state index contributed by atoms with van der Waals surface area (Å²) in [5, 5.41) is 4.21. The molecule has 1 aliphatic rings. The fraction of sp³-hybridized carbons (Fsp3) is 0.526. The average molecular weight is 313 g/mol. The molecule has 2 aromatic rings. The molecule has 2 N–H and O–H groups in total. The monoisotopic (exact) mass is 313 g/mol. The maximum absolute atomic E-state index is 12.1. The summed E-state index contributed by atoms with van der Waals surface area (Å²) < 4.78 is 0. The van der Waals surface area contributed by atoms with Crippen molar-refractivity contribution in [3.8, 4) is 0 Å². The smallest absolute Gasteiger partial charge is 0.224 e. The van der Waals surface area contributed by atoms with Crippen LogP contribution in [0.3, 0.4) is 0 Å². The van der Waals surface area contributed by atoms with Gasteiger partial charge in [0.2, 0.25) is 5.91 Å². The van der Waals surface area contributed by atoms with Gasteiger partial charge in [-0.25, -0.2) is 0 Å². The van der Waals surface area contributed by atoms with Crippen LogP contribution in [0.1, 0.15) is 37.7 Å². The standard InChI is InChI=1S/C19H27N3O/c23-19(14-16-15-21-18-9-4-3-8-17(16)18)20-10-7-13-22-11-5-1-2-6-12-22/h3-4,8-9,15,21H,1-2,5-7,10-14H2,(H,20,23). The van der Waals surface area contributed by atoms with E-state index in [0.717, 1.165) is 36.0 Å². The number of amides is 1. The van der Waals surface area contributed by atoms with Gasteiger partial charge in [0.05, 0.1) is 6.42 Å². The normalized spacial score (nSPS) is 16.3. The van der Waals surface area contributed by atoms with E-state index in [1.807, 2.05) is 24.4 Å². The molecule has 3 rings (SSSR count). The van der Waals surface area contributed by atoms with Gasteiger partial charge >= 0.3 is 0 Å². The van der Waals surface area contributed by atoms with Crippen LogP contribution in [0.2, 0.25) is 0 Å². The van der Waals surface area contributed by atoms with E-state index < -0.39 is 0 Å². The Bertz CT molecular complexity index is 626. The first kappa shape index (κ1) is 16.1. The highest BCUT2D eigenvalue weighted by Gasteiger charge is 2.10. The molecule has 0 aliphatic carbocycles. The summed E-state index contributed by atoms with van der Waals surface area (Å²) in [6.45, 7) is 4.33. The summed E-state index contributed by atoms with van der Waals surface area (Å²) in [4.78, 5) is 17.9. The first-order chi connectivity index (χ1) is 11.3. The van der Waals surface area contributed by atoms with Gasteiger partial charge in [-0.3, -0.25) is 4.79 Å². The first-order valence-electron chi connectivity index (χ1n) is 8.87. The fourth-order valence-electron chi connectivity index (χ4n) is 3.40. The minimum Gasteiger partial charge on any atom is -0.361 e. The average Bonchev–Trinajstić information content (AvgIpc) is 2.79. The number of rotatable bonds is 6. The van der Waals surface area contributed by atoms with Crippen molar-refractivity contribution in [1.82, 2.24) is 15.2 Å². The molecule has 4 heteroatoms. The van der Waals surface area contributed by atoms with Crippen molar-refractivity contribution in [1.29, 1.82) is 0 Å². The van der Waals surface area contributed by atoms with Crippen LogP contribution in [-0.2, 0) is 11.2 Å². The summed E-state index contributed by atoms with van der Waals surface area (Å²) in [5.41, 5.74) is 2.17. The Morgan fingerprint density at radius 2 is 1.91 bits per heavy atom. The predicted molar refractivity (Wildman–Crippen MR) is 94.5 cm³/mol. The van der Waals surface area contributed by atoms with Crippen LogP contribution in [-0.4, -0.2) is 42.0 Å². The number of nitrogens with zero attached hydrogens (tertiary/aromatic N) is 1. The molecular formula is C19H27N3O. The van der Waals surface area contributed by atoms with Crippen molar-refractivity contribution >= 4 is 16.8 Å². The Morgan fingerprint density at radius 1 is 1.13 bits per heavy atom. The molecule has 23 heavy (non-hydrogen) atoms. The number of nitrogens with one attached hydrogen (secondary N) is 2. The van der Waals surface area contributed by atoms with Gasteiger partial charge in [0, 0.05) is 23.6 Å². The van der Waals surface area contributed by atoms with Crippen molar-refractivity contribution in [2.75, 3.05) is 26.2 Å². The van der Waals surface area contributed by atoms with E-state index in [-0.39, 0.29) is 5.91 Å². The van der Waals surface area contributed by atoms with Gasteiger partial charge in [-0.2, -0.15) is 0 Å². The molecule has 0 saturated carbocycles. The highest BCUT2D eigenvalue weighted by atomic mass is 16.1. The predicted octanol–water partition coefficient (Wildman–Crippen LogP) is 3.09. The van der Waals surface area contributed by atoms with Crippen molar-refractivity contribution in [3.63, 3.8) is 0 Å². The van der Waals surface area contributed by atoms with Crippen molar-refractivity contribution in [3.05, 3.63) is 36.0 Å². The van der Waals surface area contributed by atoms with Gasteiger partial charge < -0.3 is 15.2 Å². The maximum Gasteiger partial charge on any atom is 0.224 e. The summed E-state index contributed by atoms with van der Waals surface area (Å²) in [7, 11) is 0. The van der Waals surface area contributed by atoms with Crippen molar-refractivity contribution in [2.45, 2.75) is 38.5 Å². The number of carbonyl (C=O) groups excluding carboxylic acids is 1. The Hall–Kier alpha value is -1.81. The number of aromatic nitrogens is 1. The van der Waals surface area contributed by atoms with E-state index in [1.54, 1.807) is 0 Å². The van der Waals surface area contributed by atoms with Crippen LogP contribution in [0.4, 0.5) is 0 Å². The minimum absolute atomic E-state index is 0.116. The number of benzene rings is 1. The van der Waals surface area contributed by atoms with E-state index in [4.69, 9.17) is 0 Å². The zero-order valence-electron chi connectivity index (χ0n) is 13.8. The largest absolute Gasteiger partial charge is 0.361 e. The SMILES string of the molecule is O=C(Cc1c[nH]c2ccccc12)NCCCN1CCCCCC1. The number of H-pyrrole nitrogens is 1. The molecular weight excluding hydrogens is 286 g/mol. The molecule has 0 bridgehead atoms. The highest BCUT2D eigenvalue weighted by molar-refractivity contribution is 5.88. The minimum atomic E-state index is 0.116. The van der Waals surface area contributed by atoms with Gasteiger partial charge in [0.1, 0.15) is 0 Å². The van der Waals surface area contributed by atoms with Crippen LogP contribution in [0.5, 0.6) is 0 Å². The zero-order chi connectivity index (χ0) is 15.9. The number of carbonyl (C=O) groups is 1. The van der Waals surface area contributed by atoms with E-state index in [9.17, 15) is 4.79 Å². The molecule has 1 aromatic heterocycles. The summed E-state index contributed by atoms with van der Waals surface area (Å²) in [6, 6.07) is 8.12. The molecule has 2 heterocycles. The molecule has 1 aromatic carbocycles. The summed E-state index contributed by atoms with van der Waals surface area (Å²) in [6.07, 6.45) is 8.84. The van der Waals surface area contributed by atoms with Crippen molar-refractivity contribution in [2.24, 2.45) is 0 Å². The van der Waals surface area contributed by atoms with Gasteiger partial charge in [-0.15, -0.1) is 0 Å². The van der Waals surface area contributed by atoms with E-state index in [2.05, 4.69) is 21.3 Å². The Morgan fingerprint density at radius 3 is 2.74 bits per heavy atom. The number of aromatic amines is 1. The zero-order valence-corrected chi connectivity index (χ0v) is 13.8. The third kappa shape index (κ3) is 4.58. The molecule has 1 amide bonds. The third-order valence-corrected chi connectivity index (χ3v) is 4.70. The number of likely N-dealkylation sites (tertiary alicyclic amines) is 1. The molecule has 0 unspecified atom stereocenters. The van der Waals surface area contributed by atoms with Gasteiger partial charge in [-0.1, -0.05) is 31.0 Å². The van der Waals surface area contributed by atoms with E-state index in [0.29, 0.717) is 6.42 Å². The lowest BCUT2D eigenvalue weighted by Crippen LogP contribution is -2.31. The topological polar surface area (TPSA) is 48.1 Å². The van der Waals surface area contributed by atoms with Gasteiger partial charge in [0.25, 0.3) is 0 Å². The van der Waals surface area contributed by atoms with Crippen molar-refractivity contribution < 1.29 is 4.79 Å². The maximum atomic E-state index is 12.1. The summed E-state index contributed by atoms with van der Waals surface area (Å²) >= 11 is 0. The van der Waals surface area contributed by atoms with Crippen LogP contribution < -0.4 is 5.32 Å². The molecule has 0 spiro atoms. The second kappa shape index (κ2) is 8.16. The number of para-hydroxylation sites is 1. The Balaban J connectivity index is 1.39. The fourth-order valence-corrected chi connectivity index (χ4v) is 3.40. The quantitative estimate of drug-likeness (QED) is 0.805. The molecule has 0 radical (unpaired) electrons. The molecule has 4 nitrogen and oxygen atoms in total. The summed E-state index contributed by atoms with van der Waals surface area (Å²) in [5.74, 6) is 0.116. The first-order valence-corrected chi connectivity index (χ1v) is 8.87. The third-order valence-electron chi connectivity index (χ3n) is 4.70. The van der Waals surface area contributed by atoms with Gasteiger partial charge in [-0.05, 0) is 50.5 Å². The highest BCUT2D eigenvalue weighted by Crippen LogP contribution is 2.17.